The molecule has 0 saturated heterocycles. The van der Waals surface area contributed by atoms with E-state index >= 15 is 0 Å². The van der Waals surface area contributed by atoms with Crippen LogP contribution in [-0.4, -0.2) is 24.7 Å². The topological polar surface area (TPSA) is 55.8 Å². The Bertz CT molecular complexity index is 1040. The summed E-state index contributed by atoms with van der Waals surface area (Å²) >= 11 is 0. The highest BCUT2D eigenvalue weighted by atomic mass is 16.6. The first-order valence-corrected chi connectivity index (χ1v) is 9.82. The Morgan fingerprint density at radius 1 is 1.20 bits per heavy atom. The number of rotatable bonds is 4. The quantitative estimate of drug-likeness (QED) is 0.648. The van der Waals surface area contributed by atoms with Crippen LogP contribution in [0.15, 0.2) is 60.9 Å². The molecule has 1 aliphatic rings. The molecule has 1 heterocycles. The summed E-state index contributed by atoms with van der Waals surface area (Å²) in [5, 5.41) is 0. The van der Waals surface area contributed by atoms with Crippen molar-refractivity contribution in [1.29, 1.82) is 0 Å². The van der Waals surface area contributed by atoms with Gasteiger partial charge in [-0.15, -0.1) is 5.73 Å². The molecule has 5 nitrogen and oxygen atoms in total. The van der Waals surface area contributed by atoms with Gasteiger partial charge in [-0.25, -0.2) is 9.69 Å². The van der Waals surface area contributed by atoms with E-state index in [1.807, 2.05) is 43.3 Å². The molecule has 1 aliphatic heterocycles. The molecule has 0 aliphatic carbocycles. The lowest BCUT2D eigenvalue weighted by Gasteiger charge is -2.30. The number of allylic oxidation sites excluding steroid dienone is 1. The Labute approximate surface area is 177 Å². The van der Waals surface area contributed by atoms with E-state index in [1.165, 1.54) is 0 Å². The zero-order chi connectivity index (χ0) is 22.1. The van der Waals surface area contributed by atoms with Gasteiger partial charge in [-0.3, -0.25) is 4.79 Å². The molecule has 0 spiro atoms. The van der Waals surface area contributed by atoms with Gasteiger partial charge >= 0.3 is 6.09 Å². The Balaban J connectivity index is 2.27. The van der Waals surface area contributed by atoms with E-state index < -0.39 is 17.1 Å². The number of imide groups is 1. The average molecular weight is 405 g/mol. The van der Waals surface area contributed by atoms with Crippen LogP contribution in [0.25, 0.3) is 0 Å². The van der Waals surface area contributed by atoms with Gasteiger partial charge in [-0.2, -0.15) is 0 Å². The summed E-state index contributed by atoms with van der Waals surface area (Å²) in [6.45, 7) is 10.9. The molecule has 0 N–H and O–H groups in total. The van der Waals surface area contributed by atoms with Crippen LogP contribution in [0.1, 0.15) is 43.9 Å². The number of fused-ring (bicyclic) bond motifs is 1. The lowest BCUT2D eigenvalue weighted by molar-refractivity contribution is -0.121. The number of hydrogen-bond donors (Lipinski definition) is 0. The number of amides is 2. The smallest absolute Gasteiger partial charge is 0.421 e. The molecule has 0 unspecified atom stereocenters. The number of methoxy groups -OCH3 is 1. The van der Waals surface area contributed by atoms with Gasteiger partial charge in [-0.1, -0.05) is 30.8 Å². The minimum absolute atomic E-state index is 0.318. The molecule has 30 heavy (non-hydrogen) atoms. The van der Waals surface area contributed by atoms with E-state index in [0.717, 1.165) is 21.6 Å². The number of aryl methyl sites for hydroxylation is 1. The maximum atomic E-state index is 14.0. The molecule has 156 valence electrons. The summed E-state index contributed by atoms with van der Waals surface area (Å²) in [7, 11) is 1.60. The van der Waals surface area contributed by atoms with Gasteiger partial charge in [0.25, 0.3) is 5.91 Å². The maximum absolute atomic E-state index is 14.0. The fourth-order valence-corrected chi connectivity index (χ4v) is 3.97. The minimum atomic E-state index is -1.09. The van der Waals surface area contributed by atoms with Gasteiger partial charge in [0, 0.05) is 0 Å². The van der Waals surface area contributed by atoms with Crippen LogP contribution in [0.5, 0.6) is 5.75 Å². The maximum Gasteiger partial charge on any atom is 0.421 e. The second kappa shape index (κ2) is 7.85. The van der Waals surface area contributed by atoms with Gasteiger partial charge in [0.2, 0.25) is 0 Å². The molecule has 0 saturated carbocycles. The van der Waals surface area contributed by atoms with Crippen LogP contribution in [0, 0.1) is 6.92 Å². The molecule has 2 amide bonds. The number of carbonyl (C=O) groups excluding carboxylic acids is 2. The second-order valence-corrected chi connectivity index (χ2v) is 8.34. The zero-order valence-electron chi connectivity index (χ0n) is 18.1. The number of carbonyl (C=O) groups is 2. The first kappa shape index (κ1) is 21.4. The minimum Gasteiger partial charge on any atom is -0.497 e. The number of hydrogen-bond acceptors (Lipinski definition) is 4. The van der Waals surface area contributed by atoms with E-state index in [4.69, 9.17) is 9.47 Å². The highest BCUT2D eigenvalue weighted by Crippen LogP contribution is 2.50. The predicted octanol–water partition coefficient (Wildman–Crippen LogP) is 5.30. The summed E-state index contributed by atoms with van der Waals surface area (Å²) < 4.78 is 10.9. The third kappa shape index (κ3) is 3.53. The second-order valence-electron chi connectivity index (χ2n) is 8.34. The lowest BCUT2D eigenvalue weighted by atomic mass is 9.71. The summed E-state index contributed by atoms with van der Waals surface area (Å²) in [6.07, 6.45) is 1.37. The SMILES string of the molecule is C=C=CC[C@]1(c2ccc(OC)cc2C)C(=O)N(C(=O)OC(C)(C)C)c2ccccc21. The van der Waals surface area contributed by atoms with Crippen LogP contribution >= 0.6 is 0 Å². The predicted molar refractivity (Wildman–Crippen MR) is 117 cm³/mol. The van der Waals surface area contributed by atoms with Crippen LogP contribution in [0.2, 0.25) is 0 Å². The van der Waals surface area contributed by atoms with Crippen molar-refractivity contribution >= 4 is 17.7 Å². The normalized spacial score (nSPS) is 17.9. The molecule has 0 bridgehead atoms. The Morgan fingerprint density at radius 3 is 2.50 bits per heavy atom. The van der Waals surface area contributed by atoms with Crippen molar-refractivity contribution in [2.24, 2.45) is 0 Å². The fourth-order valence-electron chi connectivity index (χ4n) is 3.97. The largest absolute Gasteiger partial charge is 0.497 e. The van der Waals surface area contributed by atoms with Crippen molar-refractivity contribution in [2.45, 2.75) is 45.1 Å². The van der Waals surface area contributed by atoms with Crippen molar-refractivity contribution in [1.82, 2.24) is 0 Å². The van der Waals surface area contributed by atoms with Crippen LogP contribution < -0.4 is 9.64 Å². The van der Waals surface area contributed by atoms with Crippen molar-refractivity contribution in [3.63, 3.8) is 0 Å². The number of nitrogens with zero attached hydrogens (tertiary/aromatic N) is 1. The molecule has 2 aromatic carbocycles. The highest BCUT2D eigenvalue weighted by Gasteiger charge is 2.54. The third-order valence-electron chi connectivity index (χ3n) is 5.19. The van der Waals surface area contributed by atoms with E-state index in [0.29, 0.717) is 17.9 Å². The molecule has 5 heteroatoms. The Morgan fingerprint density at radius 2 is 1.90 bits per heavy atom. The molecule has 2 aromatic rings. The van der Waals surface area contributed by atoms with Crippen LogP contribution in [-0.2, 0) is 14.9 Å². The van der Waals surface area contributed by atoms with Crippen LogP contribution in [0.3, 0.4) is 0 Å². The van der Waals surface area contributed by atoms with Crippen molar-refractivity contribution < 1.29 is 19.1 Å². The summed E-state index contributed by atoms with van der Waals surface area (Å²) in [4.78, 5) is 28.1. The summed E-state index contributed by atoms with van der Waals surface area (Å²) in [5.74, 6) is 0.353. The fraction of sp³-hybridized carbons (Fsp3) is 0.320. The van der Waals surface area contributed by atoms with Gasteiger partial charge in [0.05, 0.1) is 12.8 Å². The lowest BCUT2D eigenvalue weighted by Crippen LogP contribution is -2.46. The third-order valence-corrected chi connectivity index (χ3v) is 5.19. The van der Waals surface area contributed by atoms with Gasteiger partial charge < -0.3 is 9.47 Å². The Hall–Kier alpha value is -3.30. The van der Waals surface area contributed by atoms with Gasteiger partial charge in [0.15, 0.2) is 0 Å². The molecular weight excluding hydrogens is 378 g/mol. The zero-order valence-corrected chi connectivity index (χ0v) is 18.1. The summed E-state index contributed by atoms with van der Waals surface area (Å²) in [5.41, 5.74) is 3.94. The molecular formula is C25H27NO4. The van der Waals surface area contributed by atoms with Gasteiger partial charge in [-0.05, 0) is 75.1 Å². The average Bonchev–Trinajstić information content (AvgIpc) is 2.93. The Kier molecular flexibility index (Phi) is 5.60. The van der Waals surface area contributed by atoms with E-state index in [9.17, 15) is 9.59 Å². The van der Waals surface area contributed by atoms with Crippen molar-refractivity contribution in [3.8, 4) is 5.75 Å². The molecule has 1 atom stereocenters. The number of benzene rings is 2. The van der Waals surface area contributed by atoms with Crippen molar-refractivity contribution in [2.75, 3.05) is 12.0 Å². The number of anilines is 1. The highest BCUT2D eigenvalue weighted by molar-refractivity contribution is 6.22. The first-order chi connectivity index (χ1) is 14.2. The van der Waals surface area contributed by atoms with E-state index in [-0.39, 0.29) is 5.91 Å². The standard InChI is InChI=1S/C25H27NO4/c1-7-8-15-25(19-14-13-18(29-6)16-17(19)2)20-11-9-10-12-21(20)26(22(25)27)23(28)30-24(3,4)5/h8-14,16H,1,15H2,2-6H3/t25-/m1/s1. The molecule has 0 aromatic heterocycles. The molecule has 0 fully saturated rings. The molecule has 3 rings (SSSR count). The first-order valence-electron chi connectivity index (χ1n) is 9.82. The van der Waals surface area contributed by atoms with Crippen LogP contribution in [0.4, 0.5) is 10.5 Å². The molecule has 0 radical (unpaired) electrons. The van der Waals surface area contributed by atoms with Crippen molar-refractivity contribution in [3.05, 3.63) is 77.5 Å². The van der Waals surface area contributed by atoms with E-state index in [2.05, 4.69) is 12.3 Å². The summed E-state index contributed by atoms with van der Waals surface area (Å²) in [6, 6.07) is 12.9. The van der Waals surface area contributed by atoms with E-state index in [1.54, 1.807) is 40.0 Å². The number of para-hydroxylation sites is 1. The monoisotopic (exact) mass is 405 g/mol. The number of ether oxygens (including phenoxy) is 2. The van der Waals surface area contributed by atoms with Gasteiger partial charge in [0.1, 0.15) is 16.8 Å².